The molecule has 3 nitrogen and oxygen atoms in total. The highest BCUT2D eigenvalue weighted by molar-refractivity contribution is 9.10. The summed E-state index contributed by atoms with van der Waals surface area (Å²) in [6.07, 6.45) is -3.37. The van der Waals surface area contributed by atoms with Gasteiger partial charge in [0.25, 0.3) is 0 Å². The molecule has 1 aliphatic carbocycles. The quantitative estimate of drug-likeness (QED) is 0.693. The van der Waals surface area contributed by atoms with Gasteiger partial charge in [-0.15, -0.1) is 0 Å². The zero-order valence-electron chi connectivity index (χ0n) is 13.8. The van der Waals surface area contributed by atoms with Gasteiger partial charge in [0.1, 0.15) is 6.10 Å². The Morgan fingerprint density at radius 1 is 1.20 bits per heavy atom. The number of halogens is 4. The van der Waals surface area contributed by atoms with Crippen molar-refractivity contribution in [1.29, 1.82) is 0 Å². The van der Waals surface area contributed by atoms with Crippen LogP contribution in [0.2, 0.25) is 0 Å². The lowest BCUT2D eigenvalue weighted by molar-refractivity contribution is -0.188. The van der Waals surface area contributed by atoms with Crippen LogP contribution in [0.5, 0.6) is 0 Å². The summed E-state index contributed by atoms with van der Waals surface area (Å²) in [4.78, 5) is 14.4. The first-order valence-corrected chi connectivity index (χ1v) is 9.36. The van der Waals surface area contributed by atoms with Gasteiger partial charge in [-0.2, -0.15) is 13.2 Å². The van der Waals surface area contributed by atoms with Crippen LogP contribution in [0.25, 0.3) is 0 Å². The smallest absolute Gasteiger partial charge is 0.370 e. The fourth-order valence-electron chi connectivity index (χ4n) is 3.70. The number of ether oxygens (including phenoxy) is 1. The lowest BCUT2D eigenvalue weighted by atomic mass is 9.80. The molecule has 2 aliphatic rings. The zero-order valence-corrected chi connectivity index (χ0v) is 15.4. The summed E-state index contributed by atoms with van der Waals surface area (Å²) < 4.78 is 45.7. The molecule has 0 spiro atoms. The first-order valence-electron chi connectivity index (χ1n) is 8.57. The van der Waals surface area contributed by atoms with Gasteiger partial charge < -0.3 is 9.64 Å². The van der Waals surface area contributed by atoms with Gasteiger partial charge in [-0.1, -0.05) is 34.5 Å². The highest BCUT2D eigenvalue weighted by atomic mass is 79.9. The molecular weight excluding hydrogens is 399 g/mol. The lowest BCUT2D eigenvalue weighted by Crippen LogP contribution is -2.46. The Balaban J connectivity index is 1.64. The molecule has 0 bridgehead atoms. The minimum atomic E-state index is -4.20. The van der Waals surface area contributed by atoms with Crippen molar-refractivity contribution in [3.63, 3.8) is 0 Å². The van der Waals surface area contributed by atoms with E-state index in [0.717, 1.165) is 10.0 Å². The fourth-order valence-corrected chi connectivity index (χ4v) is 3.96. The molecule has 1 aromatic carbocycles. The molecular formula is C18H21BrF3NO2. The Hall–Kier alpha value is -1.08. The third-order valence-corrected chi connectivity index (χ3v) is 5.63. The average Bonchev–Trinajstić information content (AvgIpc) is 2.61. The van der Waals surface area contributed by atoms with Crippen LogP contribution in [0, 0.1) is 11.8 Å². The maximum atomic E-state index is 13.0. The molecule has 1 heterocycles. The normalized spacial score (nSPS) is 28.0. The van der Waals surface area contributed by atoms with Crippen LogP contribution in [-0.2, 0) is 9.53 Å². The van der Waals surface area contributed by atoms with Crippen LogP contribution in [0.1, 0.15) is 37.4 Å². The van der Waals surface area contributed by atoms with Gasteiger partial charge in [0.15, 0.2) is 0 Å². The maximum Gasteiger partial charge on any atom is 0.391 e. The van der Waals surface area contributed by atoms with E-state index in [1.165, 1.54) is 0 Å². The van der Waals surface area contributed by atoms with Gasteiger partial charge in [0.2, 0.25) is 5.91 Å². The van der Waals surface area contributed by atoms with E-state index >= 15 is 0 Å². The molecule has 1 aromatic rings. The van der Waals surface area contributed by atoms with Gasteiger partial charge in [0, 0.05) is 16.9 Å². The predicted octanol–water partition coefficient (Wildman–Crippen LogP) is 4.72. The van der Waals surface area contributed by atoms with E-state index in [1.54, 1.807) is 4.90 Å². The standard InChI is InChI=1S/C18H21BrF3NO2/c19-15-6-4-12(5-7-15)16-11-23(8-9-25-16)17(24)13-2-1-3-14(10-13)18(20,21)22/h4-7,13-14,16H,1-3,8-11H2. The van der Waals surface area contributed by atoms with Crippen molar-refractivity contribution in [2.24, 2.45) is 11.8 Å². The number of carbonyl (C=O) groups is 1. The molecule has 0 N–H and O–H groups in total. The van der Waals surface area contributed by atoms with E-state index in [2.05, 4.69) is 15.9 Å². The Morgan fingerprint density at radius 2 is 1.92 bits per heavy atom. The second-order valence-corrected chi connectivity index (χ2v) is 7.71. The van der Waals surface area contributed by atoms with Gasteiger partial charge in [-0.3, -0.25) is 4.79 Å². The van der Waals surface area contributed by atoms with Crippen molar-refractivity contribution in [3.05, 3.63) is 34.3 Å². The number of rotatable bonds is 2. The molecule has 0 radical (unpaired) electrons. The Morgan fingerprint density at radius 3 is 2.60 bits per heavy atom. The van der Waals surface area contributed by atoms with E-state index in [0.29, 0.717) is 32.5 Å². The van der Waals surface area contributed by atoms with Crippen LogP contribution in [0.3, 0.4) is 0 Å². The number of morpholine rings is 1. The molecule has 25 heavy (non-hydrogen) atoms. The maximum absolute atomic E-state index is 13.0. The molecule has 7 heteroatoms. The molecule has 138 valence electrons. The van der Waals surface area contributed by atoms with Crippen molar-refractivity contribution >= 4 is 21.8 Å². The van der Waals surface area contributed by atoms with E-state index in [9.17, 15) is 18.0 Å². The summed E-state index contributed by atoms with van der Waals surface area (Å²) >= 11 is 3.38. The second-order valence-electron chi connectivity index (χ2n) is 6.80. The zero-order chi connectivity index (χ0) is 18.0. The highest BCUT2D eigenvalue weighted by Gasteiger charge is 2.44. The van der Waals surface area contributed by atoms with Crippen molar-refractivity contribution in [1.82, 2.24) is 4.90 Å². The highest BCUT2D eigenvalue weighted by Crippen LogP contribution is 2.40. The largest absolute Gasteiger partial charge is 0.391 e. The van der Waals surface area contributed by atoms with E-state index in [-0.39, 0.29) is 24.9 Å². The van der Waals surface area contributed by atoms with Gasteiger partial charge in [0.05, 0.1) is 19.1 Å². The predicted molar refractivity (Wildman–Crippen MR) is 90.9 cm³/mol. The number of carbonyl (C=O) groups excluding carboxylic acids is 1. The monoisotopic (exact) mass is 419 g/mol. The first kappa shape index (κ1) is 18.7. The summed E-state index contributed by atoms with van der Waals surface area (Å²) in [7, 11) is 0. The SMILES string of the molecule is O=C(C1CCCC(C(F)(F)F)C1)N1CCOC(c2ccc(Br)cc2)C1. The number of hydrogen-bond donors (Lipinski definition) is 0. The summed E-state index contributed by atoms with van der Waals surface area (Å²) in [6.45, 7) is 1.24. The molecule has 3 atom stereocenters. The number of nitrogens with zero attached hydrogens (tertiary/aromatic N) is 1. The third-order valence-electron chi connectivity index (χ3n) is 5.11. The molecule has 1 saturated carbocycles. The Bertz CT molecular complexity index is 605. The molecule has 0 aromatic heterocycles. The van der Waals surface area contributed by atoms with Crippen molar-refractivity contribution in [2.75, 3.05) is 19.7 Å². The van der Waals surface area contributed by atoms with E-state index < -0.39 is 18.0 Å². The first-order chi connectivity index (χ1) is 11.8. The van der Waals surface area contributed by atoms with Crippen LogP contribution in [0.15, 0.2) is 28.7 Å². The van der Waals surface area contributed by atoms with Gasteiger partial charge >= 0.3 is 6.18 Å². The van der Waals surface area contributed by atoms with Gasteiger partial charge in [-0.05, 0) is 37.0 Å². The number of alkyl halides is 3. The van der Waals surface area contributed by atoms with Crippen molar-refractivity contribution < 1.29 is 22.7 Å². The van der Waals surface area contributed by atoms with Crippen molar-refractivity contribution in [2.45, 2.75) is 38.0 Å². The molecule has 1 saturated heterocycles. The topological polar surface area (TPSA) is 29.5 Å². The fraction of sp³-hybridized carbons (Fsp3) is 0.611. The molecule has 3 rings (SSSR count). The minimum absolute atomic E-state index is 0.0807. The Kier molecular flexibility index (Phi) is 5.73. The number of benzene rings is 1. The molecule has 2 fully saturated rings. The Labute approximate surface area is 153 Å². The summed E-state index contributed by atoms with van der Waals surface area (Å²) in [5.41, 5.74) is 0.970. The average molecular weight is 420 g/mol. The summed E-state index contributed by atoms with van der Waals surface area (Å²) in [5.74, 6) is -2.03. The van der Waals surface area contributed by atoms with Crippen LogP contribution in [-0.4, -0.2) is 36.7 Å². The number of amides is 1. The molecule has 1 aliphatic heterocycles. The second kappa shape index (κ2) is 7.66. The van der Waals surface area contributed by atoms with E-state index in [1.807, 2.05) is 24.3 Å². The molecule has 3 unspecified atom stereocenters. The van der Waals surface area contributed by atoms with Crippen molar-refractivity contribution in [3.8, 4) is 0 Å². The summed E-state index contributed by atoms with van der Waals surface area (Å²) in [6, 6.07) is 7.69. The minimum Gasteiger partial charge on any atom is -0.370 e. The van der Waals surface area contributed by atoms with Crippen LogP contribution in [0.4, 0.5) is 13.2 Å². The summed E-state index contributed by atoms with van der Waals surface area (Å²) in [5, 5.41) is 0. The third kappa shape index (κ3) is 4.56. The number of hydrogen-bond acceptors (Lipinski definition) is 2. The van der Waals surface area contributed by atoms with E-state index in [4.69, 9.17) is 4.74 Å². The van der Waals surface area contributed by atoms with Gasteiger partial charge in [-0.25, -0.2) is 0 Å². The molecule has 1 amide bonds. The van der Waals surface area contributed by atoms with Crippen LogP contribution < -0.4 is 0 Å². The lowest BCUT2D eigenvalue weighted by Gasteiger charge is -2.37. The van der Waals surface area contributed by atoms with Crippen LogP contribution >= 0.6 is 15.9 Å².